The summed E-state index contributed by atoms with van der Waals surface area (Å²) in [6, 6.07) is 15.5. The summed E-state index contributed by atoms with van der Waals surface area (Å²) in [6.07, 6.45) is 1.00. The number of carbonyl (C=O) groups excluding carboxylic acids is 1. The van der Waals surface area contributed by atoms with Crippen LogP contribution in [-0.4, -0.2) is 24.1 Å². The number of aromatic nitrogens is 1. The predicted octanol–water partition coefficient (Wildman–Crippen LogP) is 4.15. The number of carbonyl (C=O) groups is 1. The van der Waals surface area contributed by atoms with Gasteiger partial charge in [-0.2, -0.15) is 0 Å². The molecule has 0 atom stereocenters. The summed E-state index contributed by atoms with van der Waals surface area (Å²) in [5, 5.41) is 5.89. The number of benzene rings is 2. The van der Waals surface area contributed by atoms with Gasteiger partial charge in [0.25, 0.3) is 0 Å². The van der Waals surface area contributed by atoms with Gasteiger partial charge in [0, 0.05) is 35.5 Å². The second-order valence-electron chi connectivity index (χ2n) is 5.90. The number of hydrogen-bond donors (Lipinski definition) is 1. The molecule has 1 aromatic heterocycles. The molecule has 2 heterocycles. The molecule has 1 aliphatic rings. The lowest BCUT2D eigenvalue weighted by Crippen LogP contribution is -2.16. The number of anilines is 1. The van der Waals surface area contributed by atoms with Crippen LogP contribution in [0.25, 0.3) is 11.3 Å². The molecule has 132 valence electrons. The molecule has 2 aromatic carbocycles. The van der Waals surface area contributed by atoms with Crippen LogP contribution < -0.4 is 14.8 Å². The fourth-order valence-corrected chi connectivity index (χ4v) is 3.54. The van der Waals surface area contributed by atoms with Crippen LogP contribution in [0.3, 0.4) is 0 Å². The zero-order valence-corrected chi connectivity index (χ0v) is 14.9. The van der Waals surface area contributed by atoms with Crippen molar-refractivity contribution in [2.45, 2.75) is 12.8 Å². The average Bonchev–Trinajstić information content (AvgIpc) is 3.16. The molecule has 0 saturated carbocycles. The highest BCUT2D eigenvalue weighted by atomic mass is 32.1. The monoisotopic (exact) mass is 366 g/mol. The molecule has 0 radical (unpaired) electrons. The van der Waals surface area contributed by atoms with Crippen LogP contribution in [0.1, 0.15) is 11.4 Å². The SMILES string of the molecule is O=C(CCc1nc(-c2ccccc2)cs1)Nc1ccc2c(c1)OCCO2. The summed E-state index contributed by atoms with van der Waals surface area (Å²) in [6.45, 7) is 1.08. The molecule has 0 saturated heterocycles. The molecule has 0 fully saturated rings. The first-order valence-electron chi connectivity index (χ1n) is 8.47. The van der Waals surface area contributed by atoms with Gasteiger partial charge in [0.15, 0.2) is 11.5 Å². The number of thiazole rings is 1. The highest BCUT2D eigenvalue weighted by molar-refractivity contribution is 7.09. The Morgan fingerprint density at radius 1 is 1.08 bits per heavy atom. The van der Waals surface area contributed by atoms with Crippen molar-refractivity contribution in [2.24, 2.45) is 0 Å². The van der Waals surface area contributed by atoms with Crippen molar-refractivity contribution in [1.29, 1.82) is 0 Å². The molecule has 5 nitrogen and oxygen atoms in total. The number of nitrogens with one attached hydrogen (secondary N) is 1. The number of hydrogen-bond acceptors (Lipinski definition) is 5. The minimum absolute atomic E-state index is 0.0434. The maximum Gasteiger partial charge on any atom is 0.224 e. The van der Waals surface area contributed by atoms with E-state index < -0.39 is 0 Å². The summed E-state index contributed by atoms with van der Waals surface area (Å²) in [4.78, 5) is 16.8. The van der Waals surface area contributed by atoms with Gasteiger partial charge in [-0.25, -0.2) is 4.98 Å². The second-order valence-corrected chi connectivity index (χ2v) is 6.84. The quantitative estimate of drug-likeness (QED) is 0.737. The molecule has 3 aromatic rings. The third kappa shape index (κ3) is 3.86. The summed E-state index contributed by atoms with van der Waals surface area (Å²) < 4.78 is 11.0. The van der Waals surface area contributed by atoms with Gasteiger partial charge in [-0.05, 0) is 12.1 Å². The van der Waals surface area contributed by atoms with Gasteiger partial charge >= 0.3 is 0 Å². The van der Waals surface area contributed by atoms with Crippen LogP contribution in [0, 0.1) is 0 Å². The number of amides is 1. The Morgan fingerprint density at radius 2 is 1.88 bits per heavy atom. The lowest BCUT2D eigenvalue weighted by atomic mass is 10.2. The van der Waals surface area contributed by atoms with Crippen molar-refractivity contribution in [3.05, 3.63) is 58.9 Å². The third-order valence-corrected chi connectivity index (χ3v) is 4.92. The Hall–Kier alpha value is -2.86. The highest BCUT2D eigenvalue weighted by Gasteiger charge is 2.13. The Balaban J connectivity index is 1.34. The van der Waals surface area contributed by atoms with Crippen molar-refractivity contribution in [2.75, 3.05) is 18.5 Å². The van der Waals surface area contributed by atoms with E-state index in [9.17, 15) is 4.79 Å². The molecule has 1 amide bonds. The molecule has 0 bridgehead atoms. The van der Waals surface area contributed by atoms with Gasteiger partial charge in [0.1, 0.15) is 13.2 Å². The standard InChI is InChI=1S/C20H18N2O3S/c23-19(21-15-6-7-17-18(12-15)25-11-10-24-17)8-9-20-22-16(13-26-20)14-4-2-1-3-5-14/h1-7,12-13H,8-11H2,(H,21,23). The fraction of sp³-hybridized carbons (Fsp3) is 0.200. The van der Waals surface area contributed by atoms with E-state index >= 15 is 0 Å². The smallest absolute Gasteiger partial charge is 0.224 e. The van der Waals surface area contributed by atoms with Crippen molar-refractivity contribution in [1.82, 2.24) is 4.98 Å². The molecule has 6 heteroatoms. The van der Waals surface area contributed by atoms with E-state index in [4.69, 9.17) is 9.47 Å². The summed E-state index contributed by atoms with van der Waals surface area (Å²) in [5.74, 6) is 1.34. The zero-order valence-electron chi connectivity index (χ0n) is 14.1. The fourth-order valence-electron chi connectivity index (χ4n) is 2.73. The molecular formula is C20H18N2O3S. The van der Waals surface area contributed by atoms with Gasteiger partial charge in [-0.15, -0.1) is 11.3 Å². The van der Waals surface area contributed by atoms with E-state index in [0.29, 0.717) is 43.2 Å². The van der Waals surface area contributed by atoms with E-state index in [-0.39, 0.29) is 5.91 Å². The molecule has 26 heavy (non-hydrogen) atoms. The minimum atomic E-state index is -0.0434. The molecular weight excluding hydrogens is 348 g/mol. The molecule has 4 rings (SSSR count). The second kappa shape index (κ2) is 7.58. The van der Waals surface area contributed by atoms with Crippen LogP contribution in [0.4, 0.5) is 5.69 Å². The Labute approximate surface area is 155 Å². The van der Waals surface area contributed by atoms with Crippen LogP contribution in [0.5, 0.6) is 11.5 Å². The average molecular weight is 366 g/mol. The lowest BCUT2D eigenvalue weighted by molar-refractivity contribution is -0.116. The highest BCUT2D eigenvalue weighted by Crippen LogP contribution is 2.32. The number of rotatable bonds is 5. The molecule has 0 aliphatic carbocycles. The Bertz CT molecular complexity index is 908. The zero-order chi connectivity index (χ0) is 17.8. The minimum Gasteiger partial charge on any atom is -0.486 e. The van der Waals surface area contributed by atoms with Crippen molar-refractivity contribution in [3.63, 3.8) is 0 Å². The number of ether oxygens (including phenoxy) is 2. The van der Waals surface area contributed by atoms with E-state index in [1.54, 1.807) is 17.4 Å². The topological polar surface area (TPSA) is 60.5 Å². The molecule has 1 aliphatic heterocycles. The third-order valence-electron chi connectivity index (χ3n) is 4.01. The first-order valence-corrected chi connectivity index (χ1v) is 9.35. The first-order chi connectivity index (χ1) is 12.8. The number of nitrogens with zero attached hydrogens (tertiary/aromatic N) is 1. The molecule has 1 N–H and O–H groups in total. The Kier molecular flexibility index (Phi) is 4.84. The number of fused-ring (bicyclic) bond motifs is 1. The summed E-state index contributed by atoms with van der Waals surface area (Å²) in [5.41, 5.74) is 2.76. The molecule has 0 spiro atoms. The predicted molar refractivity (Wildman–Crippen MR) is 102 cm³/mol. The van der Waals surface area contributed by atoms with Crippen molar-refractivity contribution in [3.8, 4) is 22.8 Å². The van der Waals surface area contributed by atoms with Crippen LogP contribution in [-0.2, 0) is 11.2 Å². The number of aryl methyl sites for hydroxylation is 1. The van der Waals surface area contributed by atoms with E-state index in [0.717, 1.165) is 16.3 Å². The molecule has 0 unspecified atom stereocenters. The van der Waals surface area contributed by atoms with Crippen molar-refractivity contribution >= 4 is 22.9 Å². The van der Waals surface area contributed by atoms with E-state index in [1.807, 2.05) is 47.8 Å². The maximum absolute atomic E-state index is 12.2. The van der Waals surface area contributed by atoms with Gasteiger partial charge < -0.3 is 14.8 Å². The summed E-state index contributed by atoms with van der Waals surface area (Å²) in [7, 11) is 0. The maximum atomic E-state index is 12.2. The Morgan fingerprint density at radius 3 is 2.73 bits per heavy atom. The van der Waals surface area contributed by atoms with Crippen LogP contribution in [0.15, 0.2) is 53.9 Å². The lowest BCUT2D eigenvalue weighted by Gasteiger charge is -2.18. The van der Waals surface area contributed by atoms with Gasteiger partial charge in [-0.1, -0.05) is 30.3 Å². The van der Waals surface area contributed by atoms with Crippen LogP contribution >= 0.6 is 11.3 Å². The van der Waals surface area contributed by atoms with E-state index in [1.165, 1.54) is 0 Å². The van der Waals surface area contributed by atoms with Gasteiger partial charge in [0.2, 0.25) is 5.91 Å². The van der Waals surface area contributed by atoms with E-state index in [2.05, 4.69) is 10.3 Å². The summed E-state index contributed by atoms with van der Waals surface area (Å²) >= 11 is 1.58. The van der Waals surface area contributed by atoms with Gasteiger partial charge in [-0.3, -0.25) is 4.79 Å². The normalized spacial score (nSPS) is 12.6. The van der Waals surface area contributed by atoms with Gasteiger partial charge in [0.05, 0.1) is 10.7 Å². The first kappa shape index (κ1) is 16.6. The largest absolute Gasteiger partial charge is 0.486 e. The van der Waals surface area contributed by atoms with Crippen molar-refractivity contribution < 1.29 is 14.3 Å². The van der Waals surface area contributed by atoms with Crippen LogP contribution in [0.2, 0.25) is 0 Å².